The third-order valence-corrected chi connectivity index (χ3v) is 1.48. The first-order valence-corrected chi connectivity index (χ1v) is 4.64. The third kappa shape index (κ3) is 4.55. The minimum Gasteiger partial charge on any atom is -0.166 e. The van der Waals surface area contributed by atoms with Crippen LogP contribution in [-0.2, 0) is 6.18 Å². The molecule has 0 atom stereocenters. The number of alkyl halides is 3. The van der Waals surface area contributed by atoms with Gasteiger partial charge in [-0.2, -0.15) is 13.2 Å². The van der Waals surface area contributed by atoms with Gasteiger partial charge in [-0.3, -0.25) is 0 Å². The van der Waals surface area contributed by atoms with Crippen LogP contribution in [-0.4, -0.2) is 0 Å². The summed E-state index contributed by atoms with van der Waals surface area (Å²) in [5, 5.41) is 0. The van der Waals surface area contributed by atoms with E-state index in [1.807, 2.05) is 13.8 Å². The first-order chi connectivity index (χ1) is 7.04. The normalized spacial score (nSPS) is 9.47. The average molecular weight is 214 g/mol. The highest BCUT2D eigenvalue weighted by Gasteiger charge is 2.29. The van der Waals surface area contributed by atoms with Crippen LogP contribution in [0.3, 0.4) is 0 Å². The highest BCUT2D eigenvalue weighted by Crippen LogP contribution is 2.28. The Morgan fingerprint density at radius 3 is 1.80 bits per heavy atom. The Morgan fingerprint density at radius 2 is 1.47 bits per heavy atom. The van der Waals surface area contributed by atoms with Gasteiger partial charge in [0.1, 0.15) is 0 Å². The molecule has 0 fully saturated rings. The summed E-state index contributed by atoms with van der Waals surface area (Å²) in [6.45, 7) is 5.64. The molecule has 0 saturated carbocycles. The minimum atomic E-state index is -4.27. The Kier molecular flexibility index (Phi) is 5.54. The smallest absolute Gasteiger partial charge is 0.166 e. The standard InChI is InChI=1S/C10H7F3.C2H6/c1-2-3-8-4-6-9(7-5-8)10(11,12)13;1-2/h4-7H,1H3;1-2H3. The van der Waals surface area contributed by atoms with Crippen molar-refractivity contribution in [1.29, 1.82) is 0 Å². The van der Waals surface area contributed by atoms with E-state index in [0.717, 1.165) is 12.1 Å². The van der Waals surface area contributed by atoms with Gasteiger partial charge in [0, 0.05) is 5.56 Å². The first-order valence-electron chi connectivity index (χ1n) is 4.64. The van der Waals surface area contributed by atoms with E-state index in [1.165, 1.54) is 12.1 Å². The molecule has 0 unspecified atom stereocenters. The molecule has 15 heavy (non-hydrogen) atoms. The predicted molar refractivity (Wildman–Crippen MR) is 55.3 cm³/mol. The van der Waals surface area contributed by atoms with Gasteiger partial charge in [0.15, 0.2) is 0 Å². The fourth-order valence-corrected chi connectivity index (χ4v) is 0.887. The summed E-state index contributed by atoms with van der Waals surface area (Å²) < 4.78 is 36.2. The van der Waals surface area contributed by atoms with Crippen molar-refractivity contribution in [3.05, 3.63) is 35.4 Å². The zero-order valence-electron chi connectivity index (χ0n) is 8.94. The lowest BCUT2D eigenvalue weighted by molar-refractivity contribution is -0.137. The van der Waals surface area contributed by atoms with Gasteiger partial charge in [0.05, 0.1) is 5.56 Å². The second kappa shape index (κ2) is 6.13. The van der Waals surface area contributed by atoms with Crippen molar-refractivity contribution in [2.45, 2.75) is 26.9 Å². The highest BCUT2D eigenvalue weighted by atomic mass is 19.4. The van der Waals surface area contributed by atoms with Crippen molar-refractivity contribution in [3.63, 3.8) is 0 Å². The maximum absolute atomic E-state index is 12.1. The fourth-order valence-electron chi connectivity index (χ4n) is 0.887. The molecule has 0 aromatic heterocycles. The second-order valence-electron chi connectivity index (χ2n) is 2.45. The minimum absolute atomic E-state index is 0.593. The SMILES string of the molecule is CC.CC#Cc1ccc(C(F)(F)F)cc1. The van der Waals surface area contributed by atoms with E-state index in [9.17, 15) is 13.2 Å². The summed E-state index contributed by atoms with van der Waals surface area (Å²) >= 11 is 0. The Balaban J connectivity index is 0.000000921. The molecule has 0 heterocycles. The molecular formula is C12H13F3. The van der Waals surface area contributed by atoms with Gasteiger partial charge in [0.2, 0.25) is 0 Å². The molecule has 0 amide bonds. The average Bonchev–Trinajstić information content (AvgIpc) is 2.21. The quantitative estimate of drug-likeness (QED) is 0.570. The van der Waals surface area contributed by atoms with Gasteiger partial charge in [-0.05, 0) is 31.2 Å². The lowest BCUT2D eigenvalue weighted by Crippen LogP contribution is -2.03. The van der Waals surface area contributed by atoms with E-state index in [4.69, 9.17) is 0 Å². The zero-order chi connectivity index (χ0) is 11.9. The molecule has 0 aliphatic heterocycles. The fraction of sp³-hybridized carbons (Fsp3) is 0.333. The Morgan fingerprint density at radius 1 is 1.00 bits per heavy atom. The summed E-state index contributed by atoms with van der Waals surface area (Å²) in [6, 6.07) is 4.78. The summed E-state index contributed by atoms with van der Waals surface area (Å²) in [4.78, 5) is 0. The van der Waals surface area contributed by atoms with E-state index in [-0.39, 0.29) is 0 Å². The van der Waals surface area contributed by atoms with Crippen molar-refractivity contribution < 1.29 is 13.2 Å². The van der Waals surface area contributed by atoms with Gasteiger partial charge in [-0.15, -0.1) is 5.92 Å². The molecule has 0 aliphatic rings. The van der Waals surface area contributed by atoms with E-state index >= 15 is 0 Å². The molecule has 0 saturated heterocycles. The molecular weight excluding hydrogens is 201 g/mol. The van der Waals surface area contributed by atoms with E-state index < -0.39 is 11.7 Å². The molecule has 0 aliphatic carbocycles. The number of benzene rings is 1. The predicted octanol–water partition coefficient (Wildman–Crippen LogP) is 4.10. The molecule has 0 bridgehead atoms. The van der Waals surface area contributed by atoms with Gasteiger partial charge < -0.3 is 0 Å². The molecule has 1 aromatic rings. The largest absolute Gasteiger partial charge is 0.416 e. The summed E-state index contributed by atoms with van der Waals surface area (Å²) in [5.41, 5.74) is -0.0512. The monoisotopic (exact) mass is 214 g/mol. The van der Waals surface area contributed by atoms with Crippen LogP contribution in [0.15, 0.2) is 24.3 Å². The second-order valence-corrected chi connectivity index (χ2v) is 2.45. The van der Waals surface area contributed by atoms with Crippen LogP contribution in [0.1, 0.15) is 31.9 Å². The first kappa shape index (κ1) is 13.6. The van der Waals surface area contributed by atoms with Crippen LogP contribution in [0.2, 0.25) is 0 Å². The highest BCUT2D eigenvalue weighted by molar-refractivity contribution is 5.36. The molecule has 1 aromatic carbocycles. The Bertz CT molecular complexity index is 336. The van der Waals surface area contributed by atoms with Crippen LogP contribution in [0.4, 0.5) is 13.2 Å². The van der Waals surface area contributed by atoms with Crippen molar-refractivity contribution in [3.8, 4) is 11.8 Å². The number of halogens is 3. The van der Waals surface area contributed by atoms with Gasteiger partial charge in [-0.25, -0.2) is 0 Å². The van der Waals surface area contributed by atoms with Crippen molar-refractivity contribution >= 4 is 0 Å². The van der Waals surface area contributed by atoms with Crippen molar-refractivity contribution in [2.24, 2.45) is 0 Å². The lowest BCUT2D eigenvalue weighted by atomic mass is 10.1. The van der Waals surface area contributed by atoms with Gasteiger partial charge in [0.25, 0.3) is 0 Å². The Hall–Kier alpha value is -1.43. The Labute approximate surface area is 88.1 Å². The number of rotatable bonds is 0. The van der Waals surface area contributed by atoms with Crippen LogP contribution < -0.4 is 0 Å². The molecule has 0 radical (unpaired) electrons. The molecule has 0 nitrogen and oxygen atoms in total. The summed E-state index contributed by atoms with van der Waals surface area (Å²) in [6.07, 6.45) is -4.27. The zero-order valence-corrected chi connectivity index (χ0v) is 8.94. The summed E-state index contributed by atoms with van der Waals surface area (Å²) in [7, 11) is 0. The van der Waals surface area contributed by atoms with E-state index in [0.29, 0.717) is 5.56 Å². The van der Waals surface area contributed by atoms with Crippen molar-refractivity contribution in [1.82, 2.24) is 0 Å². The summed E-state index contributed by atoms with van der Waals surface area (Å²) in [5.74, 6) is 5.28. The number of hydrogen-bond donors (Lipinski definition) is 0. The van der Waals surface area contributed by atoms with Gasteiger partial charge in [-0.1, -0.05) is 19.8 Å². The molecule has 82 valence electrons. The lowest BCUT2D eigenvalue weighted by Gasteiger charge is -2.05. The van der Waals surface area contributed by atoms with Crippen LogP contribution in [0, 0.1) is 11.8 Å². The maximum atomic E-state index is 12.1. The van der Waals surface area contributed by atoms with Crippen LogP contribution in [0.25, 0.3) is 0 Å². The number of hydrogen-bond acceptors (Lipinski definition) is 0. The van der Waals surface area contributed by atoms with Crippen LogP contribution in [0.5, 0.6) is 0 Å². The van der Waals surface area contributed by atoms with Gasteiger partial charge >= 0.3 is 6.18 Å². The van der Waals surface area contributed by atoms with E-state index in [2.05, 4.69) is 11.8 Å². The maximum Gasteiger partial charge on any atom is 0.416 e. The topological polar surface area (TPSA) is 0 Å². The van der Waals surface area contributed by atoms with E-state index in [1.54, 1.807) is 6.92 Å². The molecule has 1 rings (SSSR count). The molecule has 3 heteroatoms. The molecule has 0 N–H and O–H groups in total. The van der Waals surface area contributed by atoms with Crippen molar-refractivity contribution in [2.75, 3.05) is 0 Å². The van der Waals surface area contributed by atoms with Crippen LogP contribution >= 0.6 is 0 Å². The third-order valence-electron chi connectivity index (χ3n) is 1.48. The molecule has 0 spiro atoms.